The maximum Gasteiger partial charge on any atom is 0.216 e. The first-order valence-corrected chi connectivity index (χ1v) is 6.17. The van der Waals surface area contributed by atoms with E-state index in [9.17, 15) is 15.0 Å². The van der Waals surface area contributed by atoms with Crippen molar-refractivity contribution in [1.82, 2.24) is 5.32 Å². The molecule has 0 aliphatic carbocycles. The predicted octanol–water partition coefficient (Wildman–Crippen LogP) is 1.37. The topological polar surface area (TPSA) is 69.6 Å². The molecule has 0 aromatic heterocycles. The number of nitrogens with one attached hydrogen (secondary N) is 1. The Morgan fingerprint density at radius 2 is 1.84 bits per heavy atom. The van der Waals surface area contributed by atoms with Gasteiger partial charge in [-0.3, -0.25) is 4.79 Å². The summed E-state index contributed by atoms with van der Waals surface area (Å²) in [5, 5.41) is 24.5. The van der Waals surface area contributed by atoms with Crippen LogP contribution in [-0.2, 0) is 4.79 Å². The van der Waals surface area contributed by atoms with Crippen molar-refractivity contribution in [3.8, 4) is 0 Å². The molecule has 0 fully saturated rings. The highest BCUT2D eigenvalue weighted by Crippen LogP contribution is 2.22. The molecule has 2 aromatic rings. The summed E-state index contributed by atoms with van der Waals surface area (Å²) in [5.74, 6) is -0.232. The van der Waals surface area contributed by atoms with E-state index in [1.807, 2.05) is 36.4 Å². The van der Waals surface area contributed by atoms with Crippen LogP contribution in [0.3, 0.4) is 0 Å². The van der Waals surface area contributed by atoms with Crippen molar-refractivity contribution in [2.24, 2.45) is 0 Å². The maximum absolute atomic E-state index is 10.8. The third-order valence-electron chi connectivity index (χ3n) is 3.04. The van der Waals surface area contributed by atoms with Crippen molar-refractivity contribution in [2.75, 3.05) is 6.54 Å². The normalized spacial score (nSPS) is 14.1. The minimum atomic E-state index is -1.02. The molecule has 4 nitrogen and oxygen atoms in total. The highest BCUT2D eigenvalue weighted by Gasteiger charge is 2.18. The largest absolute Gasteiger partial charge is 0.388 e. The van der Waals surface area contributed by atoms with Gasteiger partial charge in [0.1, 0.15) is 12.2 Å². The number of amides is 1. The van der Waals surface area contributed by atoms with Gasteiger partial charge in [0, 0.05) is 13.5 Å². The van der Waals surface area contributed by atoms with Crippen molar-refractivity contribution in [2.45, 2.75) is 19.1 Å². The van der Waals surface area contributed by atoms with E-state index in [0.717, 1.165) is 10.8 Å². The second kappa shape index (κ2) is 5.82. The molecule has 0 saturated carbocycles. The molecule has 0 spiro atoms. The van der Waals surface area contributed by atoms with Crippen molar-refractivity contribution in [1.29, 1.82) is 0 Å². The zero-order valence-corrected chi connectivity index (χ0v) is 10.7. The molecule has 2 aromatic carbocycles. The number of carbonyl (C=O) groups excluding carboxylic acids is 1. The fourth-order valence-electron chi connectivity index (χ4n) is 1.97. The molecule has 1 amide bonds. The van der Waals surface area contributed by atoms with Crippen molar-refractivity contribution < 1.29 is 15.0 Å². The average Bonchev–Trinajstić information content (AvgIpc) is 2.43. The van der Waals surface area contributed by atoms with Gasteiger partial charge in [0.05, 0.1) is 0 Å². The lowest BCUT2D eigenvalue weighted by molar-refractivity contribution is -0.119. The number of rotatable bonds is 4. The van der Waals surface area contributed by atoms with Gasteiger partial charge in [-0.05, 0) is 22.4 Å². The number of carbonyl (C=O) groups is 1. The van der Waals surface area contributed by atoms with Gasteiger partial charge < -0.3 is 15.5 Å². The fraction of sp³-hybridized carbons (Fsp3) is 0.267. The van der Waals surface area contributed by atoms with Crippen LogP contribution in [0, 0.1) is 0 Å². The van der Waals surface area contributed by atoms with E-state index in [1.54, 1.807) is 6.07 Å². The van der Waals surface area contributed by atoms with Crippen LogP contribution in [0.5, 0.6) is 0 Å². The summed E-state index contributed by atoms with van der Waals surface area (Å²) in [5.41, 5.74) is 0.636. The Bertz CT molecular complexity index is 582. The molecule has 0 saturated heterocycles. The Kier molecular flexibility index (Phi) is 4.14. The highest BCUT2D eigenvalue weighted by molar-refractivity contribution is 5.83. The van der Waals surface area contributed by atoms with Crippen LogP contribution in [0.25, 0.3) is 10.8 Å². The van der Waals surface area contributed by atoms with Crippen molar-refractivity contribution >= 4 is 16.7 Å². The second-order valence-electron chi connectivity index (χ2n) is 4.56. The Morgan fingerprint density at radius 3 is 2.53 bits per heavy atom. The van der Waals surface area contributed by atoms with E-state index in [2.05, 4.69) is 5.32 Å². The number of hydrogen-bond donors (Lipinski definition) is 3. The molecule has 100 valence electrons. The summed E-state index contributed by atoms with van der Waals surface area (Å²) < 4.78 is 0. The van der Waals surface area contributed by atoms with Gasteiger partial charge in [0.2, 0.25) is 5.91 Å². The Hall–Kier alpha value is -1.91. The van der Waals surface area contributed by atoms with Crippen LogP contribution in [0.2, 0.25) is 0 Å². The predicted molar refractivity (Wildman–Crippen MR) is 73.6 cm³/mol. The third-order valence-corrected chi connectivity index (χ3v) is 3.04. The van der Waals surface area contributed by atoms with Crippen LogP contribution in [0.4, 0.5) is 0 Å². The first-order chi connectivity index (χ1) is 9.08. The minimum Gasteiger partial charge on any atom is -0.388 e. The van der Waals surface area contributed by atoms with Crippen LogP contribution >= 0.6 is 0 Å². The maximum atomic E-state index is 10.8. The van der Waals surface area contributed by atoms with Gasteiger partial charge in [-0.1, -0.05) is 36.4 Å². The lowest BCUT2D eigenvalue weighted by Gasteiger charge is -2.18. The molecule has 19 heavy (non-hydrogen) atoms. The van der Waals surface area contributed by atoms with E-state index in [0.29, 0.717) is 5.56 Å². The van der Waals surface area contributed by atoms with Gasteiger partial charge >= 0.3 is 0 Å². The summed E-state index contributed by atoms with van der Waals surface area (Å²) in [6.07, 6.45) is -2.04. The lowest BCUT2D eigenvalue weighted by Crippen LogP contribution is -2.34. The van der Waals surface area contributed by atoms with Gasteiger partial charge in [0.25, 0.3) is 0 Å². The number of aliphatic hydroxyl groups excluding tert-OH is 2. The van der Waals surface area contributed by atoms with E-state index in [1.165, 1.54) is 6.92 Å². The van der Waals surface area contributed by atoms with Gasteiger partial charge in [0.15, 0.2) is 0 Å². The number of benzene rings is 2. The third kappa shape index (κ3) is 3.30. The first-order valence-electron chi connectivity index (χ1n) is 6.17. The standard InChI is InChI=1S/C15H17NO3/c1-10(17)16-9-14(18)15(19)13-7-6-11-4-2-3-5-12(11)8-13/h2-8,14-15,18-19H,9H2,1H3,(H,16,17). The van der Waals surface area contributed by atoms with Crippen LogP contribution in [0.15, 0.2) is 42.5 Å². The molecule has 0 aliphatic heterocycles. The molecule has 2 unspecified atom stereocenters. The summed E-state index contributed by atoms with van der Waals surface area (Å²) in [6.45, 7) is 1.40. The molecular formula is C15H17NO3. The van der Waals surface area contributed by atoms with Crippen molar-refractivity contribution in [3.05, 3.63) is 48.0 Å². The monoisotopic (exact) mass is 259 g/mol. The quantitative estimate of drug-likeness (QED) is 0.776. The van der Waals surface area contributed by atoms with Gasteiger partial charge in [-0.25, -0.2) is 0 Å². The summed E-state index contributed by atoms with van der Waals surface area (Å²) in [6, 6.07) is 13.3. The SMILES string of the molecule is CC(=O)NCC(O)C(O)c1ccc2ccccc2c1. The molecule has 4 heteroatoms. The van der Waals surface area contributed by atoms with E-state index >= 15 is 0 Å². The average molecular weight is 259 g/mol. The molecule has 0 radical (unpaired) electrons. The highest BCUT2D eigenvalue weighted by atomic mass is 16.3. The Morgan fingerprint density at radius 1 is 1.16 bits per heavy atom. The summed E-state index contributed by atoms with van der Waals surface area (Å²) in [7, 11) is 0. The Labute approximate surface area is 111 Å². The van der Waals surface area contributed by atoms with Gasteiger partial charge in [-0.2, -0.15) is 0 Å². The van der Waals surface area contributed by atoms with Gasteiger partial charge in [-0.15, -0.1) is 0 Å². The number of hydrogen-bond acceptors (Lipinski definition) is 3. The molecule has 2 atom stereocenters. The minimum absolute atomic E-state index is 0.0311. The number of fused-ring (bicyclic) bond motifs is 1. The zero-order valence-electron chi connectivity index (χ0n) is 10.7. The molecular weight excluding hydrogens is 242 g/mol. The zero-order chi connectivity index (χ0) is 13.8. The number of aliphatic hydroxyl groups is 2. The molecule has 3 N–H and O–H groups in total. The van der Waals surface area contributed by atoms with E-state index in [-0.39, 0.29) is 12.5 Å². The van der Waals surface area contributed by atoms with E-state index < -0.39 is 12.2 Å². The summed E-state index contributed by atoms with van der Waals surface area (Å²) in [4.78, 5) is 10.8. The lowest BCUT2D eigenvalue weighted by atomic mass is 10.0. The first kappa shape index (κ1) is 13.5. The van der Waals surface area contributed by atoms with E-state index in [4.69, 9.17) is 0 Å². The van der Waals surface area contributed by atoms with Crippen molar-refractivity contribution in [3.63, 3.8) is 0 Å². The fourth-order valence-corrected chi connectivity index (χ4v) is 1.97. The van der Waals surface area contributed by atoms with Crippen LogP contribution in [-0.4, -0.2) is 28.8 Å². The van der Waals surface area contributed by atoms with Crippen LogP contribution < -0.4 is 5.32 Å². The van der Waals surface area contributed by atoms with Crippen LogP contribution in [0.1, 0.15) is 18.6 Å². The second-order valence-corrected chi connectivity index (χ2v) is 4.56. The summed E-state index contributed by atoms with van der Waals surface area (Å²) >= 11 is 0. The molecule has 0 aliphatic rings. The molecule has 2 rings (SSSR count). The Balaban J connectivity index is 2.16. The smallest absolute Gasteiger partial charge is 0.216 e. The molecule has 0 heterocycles. The molecule has 0 bridgehead atoms.